The Labute approximate surface area is 175 Å². The predicted molar refractivity (Wildman–Crippen MR) is 110 cm³/mol. The molecule has 160 valence electrons. The van der Waals surface area contributed by atoms with Gasteiger partial charge < -0.3 is 5.32 Å². The van der Waals surface area contributed by atoms with Crippen LogP contribution in [0, 0.1) is 0 Å². The van der Waals surface area contributed by atoms with Crippen molar-refractivity contribution in [1.82, 2.24) is 15.5 Å². The maximum absolute atomic E-state index is 12.6. The van der Waals surface area contributed by atoms with E-state index in [2.05, 4.69) is 10.6 Å². The summed E-state index contributed by atoms with van der Waals surface area (Å²) in [6.45, 7) is 3.91. The molecule has 8 nitrogen and oxygen atoms in total. The van der Waals surface area contributed by atoms with Gasteiger partial charge in [0.15, 0.2) is 0 Å². The first-order valence-electron chi connectivity index (χ1n) is 10.1. The third kappa shape index (κ3) is 6.37. The van der Waals surface area contributed by atoms with Crippen LogP contribution in [0.25, 0.3) is 0 Å². The summed E-state index contributed by atoms with van der Waals surface area (Å²) in [7, 11) is 0. The summed E-state index contributed by atoms with van der Waals surface area (Å²) < 4.78 is 0. The van der Waals surface area contributed by atoms with Crippen molar-refractivity contribution in [3.8, 4) is 0 Å². The Kier molecular flexibility index (Phi) is 8.46. The van der Waals surface area contributed by atoms with Crippen LogP contribution in [-0.2, 0) is 25.6 Å². The molecule has 0 aliphatic carbocycles. The minimum Gasteiger partial charge on any atom is -0.344 e. The molecule has 0 radical (unpaired) electrons. The van der Waals surface area contributed by atoms with Gasteiger partial charge in [-0.3, -0.25) is 34.2 Å². The molecule has 0 bridgehead atoms. The minimum absolute atomic E-state index is 0.207. The van der Waals surface area contributed by atoms with Gasteiger partial charge in [-0.05, 0) is 43.4 Å². The van der Waals surface area contributed by atoms with Crippen LogP contribution in [0.15, 0.2) is 36.4 Å². The highest BCUT2D eigenvalue weighted by Gasteiger charge is 2.24. The number of hydrogen-bond donors (Lipinski definition) is 2. The van der Waals surface area contributed by atoms with Gasteiger partial charge in [0.05, 0.1) is 0 Å². The van der Waals surface area contributed by atoms with Gasteiger partial charge in [0.25, 0.3) is 17.7 Å². The monoisotopic (exact) mass is 413 g/mol. The van der Waals surface area contributed by atoms with Gasteiger partial charge in [-0.15, -0.1) is 0 Å². The molecular weight excluding hydrogens is 386 g/mol. The number of hydrogen-bond acceptors (Lipinski definition) is 5. The van der Waals surface area contributed by atoms with Crippen LogP contribution in [0.4, 0.5) is 0 Å². The van der Waals surface area contributed by atoms with Crippen molar-refractivity contribution in [2.45, 2.75) is 52.0 Å². The molecule has 8 heteroatoms. The van der Waals surface area contributed by atoms with Crippen molar-refractivity contribution < 1.29 is 24.0 Å². The number of aryl methyl sites for hydroxylation is 1. The zero-order valence-electron chi connectivity index (χ0n) is 17.3. The maximum Gasteiger partial charge on any atom is 0.257 e. The van der Waals surface area contributed by atoms with E-state index < -0.39 is 17.9 Å². The van der Waals surface area contributed by atoms with E-state index in [-0.39, 0.29) is 37.1 Å². The highest BCUT2D eigenvalue weighted by molar-refractivity contribution is 6.12. The average Bonchev–Trinajstić information content (AvgIpc) is 3.07. The van der Waals surface area contributed by atoms with Gasteiger partial charge in [-0.1, -0.05) is 26.0 Å². The second kappa shape index (κ2) is 11.0. The molecule has 0 saturated heterocycles. The highest BCUT2D eigenvalue weighted by Crippen LogP contribution is 2.09. The van der Waals surface area contributed by atoms with Crippen LogP contribution in [0.5, 0.6) is 0 Å². The number of unbranched alkanes of at least 4 members (excludes halogenated alkanes) is 1. The van der Waals surface area contributed by atoms with Crippen molar-refractivity contribution in [2.75, 3.05) is 6.54 Å². The van der Waals surface area contributed by atoms with E-state index in [9.17, 15) is 24.0 Å². The van der Waals surface area contributed by atoms with Gasteiger partial charge >= 0.3 is 0 Å². The van der Waals surface area contributed by atoms with Crippen molar-refractivity contribution in [3.05, 3.63) is 47.5 Å². The zero-order chi connectivity index (χ0) is 22.1. The van der Waals surface area contributed by atoms with Crippen molar-refractivity contribution in [1.29, 1.82) is 0 Å². The van der Waals surface area contributed by atoms with Crippen molar-refractivity contribution in [2.24, 2.45) is 0 Å². The summed E-state index contributed by atoms with van der Waals surface area (Å²) in [5.41, 5.74) is 1.44. The SMILES string of the molecule is CCC(=O)NC(CCCCN1C(=O)C=CC1=O)C(=O)NC(=O)c1ccc(CC)cc1. The Morgan fingerprint density at radius 3 is 2.17 bits per heavy atom. The molecule has 0 aromatic heterocycles. The van der Waals surface area contributed by atoms with Crippen LogP contribution in [0.2, 0.25) is 0 Å². The molecule has 1 aromatic carbocycles. The van der Waals surface area contributed by atoms with E-state index in [1.54, 1.807) is 19.1 Å². The van der Waals surface area contributed by atoms with Crippen LogP contribution in [0.3, 0.4) is 0 Å². The number of carbonyl (C=O) groups is 5. The highest BCUT2D eigenvalue weighted by atomic mass is 16.2. The Morgan fingerprint density at radius 2 is 1.60 bits per heavy atom. The summed E-state index contributed by atoms with van der Waals surface area (Å²) in [5.74, 6) is -2.13. The molecule has 2 rings (SSSR count). The van der Waals surface area contributed by atoms with E-state index in [1.807, 2.05) is 19.1 Å². The number of nitrogens with one attached hydrogen (secondary N) is 2. The topological polar surface area (TPSA) is 113 Å². The molecule has 0 fully saturated rings. The number of nitrogens with zero attached hydrogens (tertiary/aromatic N) is 1. The molecule has 0 spiro atoms. The summed E-state index contributed by atoms with van der Waals surface area (Å²) >= 11 is 0. The number of carbonyl (C=O) groups excluding carboxylic acids is 5. The van der Waals surface area contributed by atoms with Crippen LogP contribution < -0.4 is 10.6 Å². The molecule has 30 heavy (non-hydrogen) atoms. The van der Waals surface area contributed by atoms with E-state index in [0.717, 1.165) is 16.9 Å². The fraction of sp³-hybridized carbons (Fsp3) is 0.409. The van der Waals surface area contributed by atoms with Gasteiger partial charge in [0.1, 0.15) is 6.04 Å². The number of benzene rings is 1. The van der Waals surface area contributed by atoms with E-state index in [4.69, 9.17) is 0 Å². The fourth-order valence-corrected chi connectivity index (χ4v) is 3.00. The standard InChI is InChI=1S/C22H27N3O5/c1-3-15-8-10-16(11-9-15)21(29)24-22(30)17(23-18(26)4-2)7-5-6-14-25-19(27)12-13-20(25)28/h8-13,17H,3-7,14H2,1-2H3,(H,23,26)(H,24,29,30). The Balaban J connectivity index is 1.90. The molecule has 0 saturated carbocycles. The minimum atomic E-state index is -0.876. The second-order valence-electron chi connectivity index (χ2n) is 7.00. The predicted octanol–water partition coefficient (Wildman–Crippen LogP) is 1.50. The molecule has 1 aliphatic heterocycles. The summed E-state index contributed by atoms with van der Waals surface area (Å²) in [6, 6.07) is 6.08. The van der Waals surface area contributed by atoms with Gasteiger partial charge in [0, 0.05) is 30.7 Å². The van der Waals surface area contributed by atoms with E-state index >= 15 is 0 Å². The lowest BCUT2D eigenvalue weighted by Gasteiger charge is -2.19. The van der Waals surface area contributed by atoms with Crippen molar-refractivity contribution in [3.63, 3.8) is 0 Å². The molecule has 1 unspecified atom stereocenters. The summed E-state index contributed by atoms with van der Waals surface area (Å²) in [4.78, 5) is 61.0. The smallest absolute Gasteiger partial charge is 0.257 e. The largest absolute Gasteiger partial charge is 0.344 e. The lowest BCUT2D eigenvalue weighted by atomic mass is 10.1. The third-order valence-electron chi connectivity index (χ3n) is 4.86. The Bertz CT molecular complexity index is 827. The molecule has 1 atom stereocenters. The zero-order valence-corrected chi connectivity index (χ0v) is 17.3. The van der Waals surface area contributed by atoms with Gasteiger partial charge in [0.2, 0.25) is 11.8 Å². The van der Waals surface area contributed by atoms with Crippen LogP contribution in [0.1, 0.15) is 55.5 Å². The van der Waals surface area contributed by atoms with Crippen LogP contribution >= 0.6 is 0 Å². The van der Waals surface area contributed by atoms with Crippen LogP contribution in [-0.4, -0.2) is 47.0 Å². The first-order valence-corrected chi connectivity index (χ1v) is 10.1. The average molecular weight is 413 g/mol. The molecule has 2 N–H and O–H groups in total. The Hall–Kier alpha value is -3.29. The molecule has 1 aromatic rings. The molecule has 1 heterocycles. The number of rotatable bonds is 10. The Morgan fingerprint density at radius 1 is 0.967 bits per heavy atom. The maximum atomic E-state index is 12.6. The molecular formula is C22H27N3O5. The quantitative estimate of drug-likeness (QED) is 0.446. The lowest BCUT2D eigenvalue weighted by molar-refractivity contribution is -0.137. The molecule has 5 amide bonds. The summed E-state index contributed by atoms with van der Waals surface area (Å²) in [5, 5.41) is 4.96. The third-order valence-corrected chi connectivity index (χ3v) is 4.86. The van der Waals surface area contributed by atoms with Gasteiger partial charge in [-0.25, -0.2) is 0 Å². The van der Waals surface area contributed by atoms with E-state index in [0.29, 0.717) is 18.4 Å². The first-order chi connectivity index (χ1) is 14.3. The van der Waals surface area contributed by atoms with Crippen molar-refractivity contribution >= 4 is 29.5 Å². The number of amides is 5. The van der Waals surface area contributed by atoms with E-state index in [1.165, 1.54) is 12.2 Å². The lowest BCUT2D eigenvalue weighted by Crippen LogP contribution is -2.48. The number of imide groups is 2. The molecule has 1 aliphatic rings. The normalized spacial score (nSPS) is 14.0. The fourth-order valence-electron chi connectivity index (χ4n) is 3.00. The van der Waals surface area contributed by atoms with Gasteiger partial charge in [-0.2, -0.15) is 0 Å². The summed E-state index contributed by atoms with van der Waals surface area (Å²) in [6.07, 6.45) is 4.74. The first kappa shape index (κ1) is 23.0. The second-order valence-corrected chi connectivity index (χ2v) is 7.00.